The smallest absolute Gasteiger partial charge is 0.242 e. The summed E-state index contributed by atoms with van der Waals surface area (Å²) in [5.74, 6) is -0.249. The second-order valence-electron chi connectivity index (χ2n) is 6.56. The number of nitrogens with one attached hydrogen (secondary N) is 2. The molecule has 0 aliphatic heterocycles. The van der Waals surface area contributed by atoms with Gasteiger partial charge in [0.1, 0.15) is 5.25 Å². The molecule has 0 aliphatic rings. The molecule has 3 rings (SSSR count). The first-order valence-electron chi connectivity index (χ1n) is 9.08. The van der Waals surface area contributed by atoms with Crippen molar-refractivity contribution in [3.05, 3.63) is 88.9 Å². The number of halogens is 1. The van der Waals surface area contributed by atoms with Gasteiger partial charge in [0.25, 0.3) is 0 Å². The summed E-state index contributed by atoms with van der Waals surface area (Å²) in [7, 11) is 0. The molecule has 148 valence electrons. The number of hydrogen-bond acceptors (Lipinski definition) is 3. The van der Waals surface area contributed by atoms with Crippen LogP contribution in [0.2, 0.25) is 5.02 Å². The maximum atomic E-state index is 13.2. The lowest BCUT2D eigenvalue weighted by Gasteiger charge is -2.18. The quantitative estimate of drug-likeness (QED) is 0.471. The molecule has 0 spiro atoms. The molecule has 0 aromatic heterocycles. The molecule has 6 heteroatoms. The van der Waals surface area contributed by atoms with E-state index >= 15 is 0 Å². The molecule has 2 N–H and O–H groups in total. The number of carbonyl (C=O) groups excluding carboxylic acids is 2. The molecule has 1 atom stereocenters. The first-order valence-corrected chi connectivity index (χ1v) is 10.3. The van der Waals surface area contributed by atoms with E-state index in [2.05, 4.69) is 10.6 Å². The van der Waals surface area contributed by atoms with Crippen LogP contribution in [0, 0.1) is 6.92 Å². The van der Waals surface area contributed by atoms with Crippen LogP contribution in [0.25, 0.3) is 0 Å². The third kappa shape index (κ3) is 5.86. The fourth-order valence-electron chi connectivity index (χ4n) is 2.78. The van der Waals surface area contributed by atoms with Crippen LogP contribution in [0.1, 0.15) is 23.3 Å². The first kappa shape index (κ1) is 21.0. The molecular formula is C23H21ClN2O2S. The molecule has 29 heavy (non-hydrogen) atoms. The van der Waals surface area contributed by atoms with Crippen LogP contribution >= 0.6 is 23.4 Å². The Bertz CT molecular complexity index is 1010. The van der Waals surface area contributed by atoms with E-state index in [1.54, 1.807) is 12.1 Å². The molecule has 1 unspecified atom stereocenters. The lowest BCUT2D eigenvalue weighted by atomic mass is 10.1. The van der Waals surface area contributed by atoms with Crippen molar-refractivity contribution in [2.75, 3.05) is 10.6 Å². The van der Waals surface area contributed by atoms with E-state index in [1.165, 1.54) is 18.7 Å². The minimum Gasteiger partial charge on any atom is -0.326 e. The highest BCUT2D eigenvalue weighted by atomic mass is 35.5. The van der Waals surface area contributed by atoms with Gasteiger partial charge in [-0.2, -0.15) is 0 Å². The topological polar surface area (TPSA) is 58.2 Å². The molecule has 0 saturated carbocycles. The van der Waals surface area contributed by atoms with Gasteiger partial charge in [0.2, 0.25) is 11.8 Å². The van der Waals surface area contributed by atoms with E-state index in [0.29, 0.717) is 10.7 Å². The Labute approximate surface area is 179 Å². The molecule has 0 aliphatic carbocycles. The summed E-state index contributed by atoms with van der Waals surface area (Å²) in [6.45, 7) is 3.40. The number of aryl methyl sites for hydroxylation is 1. The summed E-state index contributed by atoms with van der Waals surface area (Å²) < 4.78 is 0. The van der Waals surface area contributed by atoms with Gasteiger partial charge in [-0.05, 0) is 54.4 Å². The van der Waals surface area contributed by atoms with Gasteiger partial charge >= 0.3 is 0 Å². The van der Waals surface area contributed by atoms with Gasteiger partial charge in [-0.15, -0.1) is 11.8 Å². The van der Waals surface area contributed by atoms with Crippen molar-refractivity contribution in [1.29, 1.82) is 0 Å². The van der Waals surface area contributed by atoms with Gasteiger partial charge in [-0.25, -0.2) is 0 Å². The van der Waals surface area contributed by atoms with Crippen LogP contribution in [0.15, 0.2) is 77.7 Å². The van der Waals surface area contributed by atoms with Crippen molar-refractivity contribution in [2.24, 2.45) is 0 Å². The Morgan fingerprint density at radius 3 is 2.28 bits per heavy atom. The van der Waals surface area contributed by atoms with Crippen LogP contribution in [-0.4, -0.2) is 11.8 Å². The van der Waals surface area contributed by atoms with Crippen molar-refractivity contribution in [1.82, 2.24) is 0 Å². The number of benzene rings is 3. The predicted molar refractivity (Wildman–Crippen MR) is 121 cm³/mol. The second-order valence-corrected chi connectivity index (χ2v) is 8.18. The van der Waals surface area contributed by atoms with Crippen molar-refractivity contribution in [3.63, 3.8) is 0 Å². The Balaban J connectivity index is 1.84. The lowest BCUT2D eigenvalue weighted by molar-refractivity contribution is -0.116. The highest BCUT2D eigenvalue weighted by molar-refractivity contribution is 8.00. The molecule has 0 bridgehead atoms. The van der Waals surface area contributed by atoms with Gasteiger partial charge in [0.15, 0.2) is 0 Å². The third-order valence-corrected chi connectivity index (χ3v) is 5.73. The first-order chi connectivity index (χ1) is 13.9. The number of thioether (sulfide) groups is 1. The standard InChI is InChI=1S/C23H21ClN2O2S/c1-15-8-9-18(24)14-21(15)26-23(28)22(17-6-4-3-5-7-17)29-20-12-10-19(11-13-20)25-16(2)27/h3-14,22H,1-2H3,(H,25,27)(H,26,28). The van der Waals surface area contributed by atoms with Gasteiger partial charge in [0, 0.05) is 28.2 Å². The van der Waals surface area contributed by atoms with Crippen molar-refractivity contribution >= 4 is 46.6 Å². The Hall–Kier alpha value is -2.76. The highest BCUT2D eigenvalue weighted by Crippen LogP contribution is 2.37. The molecule has 4 nitrogen and oxygen atoms in total. The zero-order valence-electron chi connectivity index (χ0n) is 16.1. The largest absolute Gasteiger partial charge is 0.326 e. The number of rotatable bonds is 6. The zero-order chi connectivity index (χ0) is 20.8. The third-order valence-electron chi connectivity index (χ3n) is 4.23. The fraction of sp³-hybridized carbons (Fsp3) is 0.130. The Morgan fingerprint density at radius 1 is 0.931 bits per heavy atom. The minimum atomic E-state index is -0.443. The summed E-state index contributed by atoms with van der Waals surface area (Å²) in [5.41, 5.74) is 3.27. The summed E-state index contributed by atoms with van der Waals surface area (Å²) >= 11 is 7.54. The Morgan fingerprint density at radius 2 is 1.62 bits per heavy atom. The monoisotopic (exact) mass is 424 g/mol. The lowest BCUT2D eigenvalue weighted by Crippen LogP contribution is -2.19. The van der Waals surface area contributed by atoms with Crippen molar-refractivity contribution in [3.8, 4) is 0 Å². The summed E-state index contributed by atoms with van der Waals surface area (Å²) in [4.78, 5) is 25.3. The summed E-state index contributed by atoms with van der Waals surface area (Å²) in [6, 6.07) is 22.5. The summed E-state index contributed by atoms with van der Waals surface area (Å²) in [6.07, 6.45) is 0. The van der Waals surface area contributed by atoms with E-state index in [-0.39, 0.29) is 11.8 Å². The van der Waals surface area contributed by atoms with Crippen LogP contribution in [0.5, 0.6) is 0 Å². The molecule has 3 aromatic rings. The van der Waals surface area contributed by atoms with E-state index in [1.807, 2.05) is 67.6 Å². The number of hydrogen-bond donors (Lipinski definition) is 2. The van der Waals surface area contributed by atoms with Crippen LogP contribution < -0.4 is 10.6 Å². The molecule has 0 radical (unpaired) electrons. The van der Waals surface area contributed by atoms with Crippen molar-refractivity contribution < 1.29 is 9.59 Å². The number of carbonyl (C=O) groups is 2. The minimum absolute atomic E-state index is 0.121. The maximum absolute atomic E-state index is 13.2. The maximum Gasteiger partial charge on any atom is 0.242 e. The van der Waals surface area contributed by atoms with Gasteiger partial charge < -0.3 is 10.6 Å². The molecular weight excluding hydrogens is 404 g/mol. The SMILES string of the molecule is CC(=O)Nc1ccc(SC(C(=O)Nc2cc(Cl)ccc2C)c2ccccc2)cc1. The molecule has 0 heterocycles. The van der Waals surface area contributed by atoms with Crippen LogP contribution in [0.4, 0.5) is 11.4 Å². The molecule has 3 aromatic carbocycles. The Kier molecular flexibility index (Phi) is 6.96. The second kappa shape index (κ2) is 9.63. The number of anilines is 2. The molecule has 0 saturated heterocycles. The average molecular weight is 425 g/mol. The molecule has 0 fully saturated rings. The average Bonchev–Trinajstić information content (AvgIpc) is 2.70. The normalized spacial score (nSPS) is 11.6. The van der Waals surface area contributed by atoms with E-state index < -0.39 is 5.25 Å². The zero-order valence-corrected chi connectivity index (χ0v) is 17.7. The fourth-order valence-corrected chi connectivity index (χ4v) is 3.98. The van der Waals surface area contributed by atoms with Gasteiger partial charge in [0.05, 0.1) is 0 Å². The van der Waals surface area contributed by atoms with E-state index in [9.17, 15) is 9.59 Å². The predicted octanol–water partition coefficient (Wildman–Crippen LogP) is 6.08. The molecule has 2 amide bonds. The van der Waals surface area contributed by atoms with E-state index in [0.717, 1.165) is 21.7 Å². The summed E-state index contributed by atoms with van der Waals surface area (Å²) in [5, 5.41) is 5.88. The van der Waals surface area contributed by atoms with Crippen molar-refractivity contribution in [2.45, 2.75) is 24.0 Å². The van der Waals surface area contributed by atoms with Crippen LogP contribution in [-0.2, 0) is 9.59 Å². The van der Waals surface area contributed by atoms with Gasteiger partial charge in [-0.1, -0.05) is 48.0 Å². The van der Waals surface area contributed by atoms with E-state index in [4.69, 9.17) is 11.6 Å². The number of amides is 2. The highest BCUT2D eigenvalue weighted by Gasteiger charge is 2.22. The van der Waals surface area contributed by atoms with Gasteiger partial charge in [-0.3, -0.25) is 9.59 Å². The van der Waals surface area contributed by atoms with Crippen LogP contribution in [0.3, 0.4) is 0 Å².